The van der Waals surface area contributed by atoms with Crippen molar-refractivity contribution in [1.82, 2.24) is 0 Å². The van der Waals surface area contributed by atoms with Gasteiger partial charge in [0, 0.05) is 26.6 Å². The molecule has 0 aliphatic rings. The molecule has 0 spiro atoms. The maximum atomic E-state index is 11.1. The minimum Gasteiger partial charge on any atom is -0.384 e. The molecule has 0 N–H and O–H groups in total. The van der Waals surface area contributed by atoms with Gasteiger partial charge in [-0.2, -0.15) is 0 Å². The van der Waals surface area contributed by atoms with Gasteiger partial charge in [-0.3, -0.25) is 4.79 Å². The molecule has 0 aromatic rings. The van der Waals surface area contributed by atoms with Gasteiger partial charge in [-0.15, -0.1) is 0 Å². The van der Waals surface area contributed by atoms with Gasteiger partial charge in [-0.1, -0.05) is 13.8 Å². The molecule has 0 fully saturated rings. The molecule has 0 aliphatic heterocycles. The molecule has 1 unspecified atom stereocenters. The smallest absolute Gasteiger partial charge is 0.132 e. The van der Waals surface area contributed by atoms with E-state index in [1.807, 2.05) is 6.92 Å². The molecule has 0 aromatic carbocycles. The fourth-order valence-corrected chi connectivity index (χ4v) is 1.18. The molecule has 12 heavy (non-hydrogen) atoms. The summed E-state index contributed by atoms with van der Waals surface area (Å²) in [5, 5.41) is 0. The average Bonchev–Trinajstić information content (AvgIpc) is 2.02. The van der Waals surface area contributed by atoms with Gasteiger partial charge in [-0.05, 0) is 18.8 Å². The zero-order chi connectivity index (χ0) is 9.40. The lowest BCUT2D eigenvalue weighted by molar-refractivity contribution is -0.119. The molecule has 0 saturated carbocycles. The standard InChI is InChI=1S/C10H20O2/c1-4-5-10(11)7-6-9(2)8-12-3/h9H,4-8H2,1-3H3. The van der Waals surface area contributed by atoms with Crippen molar-refractivity contribution in [2.45, 2.75) is 39.5 Å². The van der Waals surface area contributed by atoms with Crippen LogP contribution in [0.5, 0.6) is 0 Å². The zero-order valence-electron chi connectivity index (χ0n) is 8.43. The number of hydrogen-bond donors (Lipinski definition) is 0. The maximum Gasteiger partial charge on any atom is 0.132 e. The van der Waals surface area contributed by atoms with Crippen LogP contribution in [0, 0.1) is 5.92 Å². The van der Waals surface area contributed by atoms with E-state index in [0.717, 1.165) is 32.3 Å². The Morgan fingerprint density at radius 3 is 2.58 bits per heavy atom. The molecule has 0 saturated heterocycles. The minimum absolute atomic E-state index is 0.389. The van der Waals surface area contributed by atoms with E-state index in [9.17, 15) is 4.79 Å². The topological polar surface area (TPSA) is 26.3 Å². The first-order valence-corrected chi connectivity index (χ1v) is 4.71. The van der Waals surface area contributed by atoms with Crippen LogP contribution in [0.3, 0.4) is 0 Å². The Balaban J connectivity index is 3.33. The molecule has 0 amide bonds. The second-order valence-corrected chi connectivity index (χ2v) is 3.39. The van der Waals surface area contributed by atoms with Gasteiger partial charge < -0.3 is 4.74 Å². The number of hydrogen-bond acceptors (Lipinski definition) is 2. The second kappa shape index (κ2) is 7.29. The Hall–Kier alpha value is -0.370. The lowest BCUT2D eigenvalue weighted by Crippen LogP contribution is -2.06. The van der Waals surface area contributed by atoms with Crippen molar-refractivity contribution in [3.63, 3.8) is 0 Å². The summed E-state index contributed by atoms with van der Waals surface area (Å²) in [6.45, 7) is 4.92. The monoisotopic (exact) mass is 172 g/mol. The highest BCUT2D eigenvalue weighted by Gasteiger charge is 2.05. The maximum absolute atomic E-state index is 11.1. The normalized spacial score (nSPS) is 12.9. The van der Waals surface area contributed by atoms with E-state index < -0.39 is 0 Å². The Labute approximate surface area is 75.3 Å². The molecule has 0 aromatic heterocycles. The van der Waals surface area contributed by atoms with Gasteiger partial charge in [0.2, 0.25) is 0 Å². The van der Waals surface area contributed by atoms with Gasteiger partial charge in [0.15, 0.2) is 0 Å². The van der Waals surface area contributed by atoms with Gasteiger partial charge in [0.05, 0.1) is 0 Å². The van der Waals surface area contributed by atoms with Crippen LogP contribution in [0.2, 0.25) is 0 Å². The third-order valence-corrected chi connectivity index (χ3v) is 1.90. The van der Waals surface area contributed by atoms with Crippen LogP contribution in [0.1, 0.15) is 39.5 Å². The number of rotatable bonds is 7. The predicted molar refractivity (Wildman–Crippen MR) is 50.2 cm³/mol. The van der Waals surface area contributed by atoms with Crippen LogP contribution >= 0.6 is 0 Å². The quantitative estimate of drug-likeness (QED) is 0.589. The first kappa shape index (κ1) is 11.6. The fourth-order valence-electron chi connectivity index (χ4n) is 1.18. The summed E-state index contributed by atoms with van der Waals surface area (Å²) in [6.07, 6.45) is 3.39. The van der Waals surface area contributed by atoms with Crippen LogP contribution in [-0.4, -0.2) is 19.5 Å². The summed E-state index contributed by atoms with van der Waals surface area (Å²) >= 11 is 0. The Morgan fingerprint density at radius 2 is 2.08 bits per heavy atom. The van der Waals surface area contributed by atoms with Crippen LogP contribution in [0.15, 0.2) is 0 Å². The summed E-state index contributed by atoms with van der Waals surface area (Å²) < 4.78 is 4.98. The number of ether oxygens (including phenoxy) is 1. The van der Waals surface area contributed by atoms with Crippen molar-refractivity contribution in [1.29, 1.82) is 0 Å². The minimum atomic E-state index is 0.389. The molecule has 0 bridgehead atoms. The molecule has 1 atom stereocenters. The van der Waals surface area contributed by atoms with Gasteiger partial charge in [0.25, 0.3) is 0 Å². The van der Waals surface area contributed by atoms with Crippen molar-refractivity contribution in [2.24, 2.45) is 5.92 Å². The van der Waals surface area contributed by atoms with E-state index >= 15 is 0 Å². The summed E-state index contributed by atoms with van der Waals surface area (Å²) in [7, 11) is 1.70. The Kier molecular flexibility index (Phi) is 7.06. The number of Topliss-reactive ketones (excluding diaryl/α,β-unsaturated/α-hetero) is 1. The lowest BCUT2D eigenvalue weighted by atomic mass is 10.0. The second-order valence-electron chi connectivity index (χ2n) is 3.39. The Morgan fingerprint density at radius 1 is 1.42 bits per heavy atom. The summed E-state index contributed by atoms with van der Waals surface area (Å²) in [4.78, 5) is 11.1. The molecule has 0 rings (SSSR count). The number of carbonyl (C=O) groups is 1. The van der Waals surface area contributed by atoms with Crippen molar-refractivity contribution in [2.75, 3.05) is 13.7 Å². The van der Waals surface area contributed by atoms with Gasteiger partial charge in [-0.25, -0.2) is 0 Å². The van der Waals surface area contributed by atoms with Crippen LogP contribution < -0.4 is 0 Å². The van der Waals surface area contributed by atoms with Crippen LogP contribution in [0.25, 0.3) is 0 Å². The summed E-state index contributed by atoms with van der Waals surface area (Å²) in [5.41, 5.74) is 0. The average molecular weight is 172 g/mol. The van der Waals surface area contributed by atoms with Crippen molar-refractivity contribution >= 4 is 5.78 Å². The Bertz CT molecular complexity index is 121. The van der Waals surface area contributed by atoms with E-state index in [1.165, 1.54) is 0 Å². The molecule has 0 heterocycles. The highest BCUT2D eigenvalue weighted by atomic mass is 16.5. The van der Waals surface area contributed by atoms with Crippen molar-refractivity contribution in [3.05, 3.63) is 0 Å². The highest BCUT2D eigenvalue weighted by molar-refractivity contribution is 5.78. The largest absolute Gasteiger partial charge is 0.384 e. The zero-order valence-corrected chi connectivity index (χ0v) is 8.43. The van der Waals surface area contributed by atoms with E-state index in [-0.39, 0.29) is 0 Å². The third-order valence-electron chi connectivity index (χ3n) is 1.90. The number of ketones is 1. The molecular formula is C10H20O2. The molecule has 2 heteroatoms. The highest BCUT2D eigenvalue weighted by Crippen LogP contribution is 2.07. The van der Waals surface area contributed by atoms with Crippen molar-refractivity contribution in [3.8, 4) is 0 Å². The predicted octanol–water partition coefficient (Wildman–Crippen LogP) is 2.42. The van der Waals surface area contributed by atoms with E-state index in [2.05, 4.69) is 6.92 Å². The number of carbonyl (C=O) groups excluding carboxylic acids is 1. The number of methoxy groups -OCH3 is 1. The lowest BCUT2D eigenvalue weighted by Gasteiger charge is -2.08. The van der Waals surface area contributed by atoms with Gasteiger partial charge >= 0.3 is 0 Å². The van der Waals surface area contributed by atoms with Gasteiger partial charge in [0.1, 0.15) is 5.78 Å². The molecule has 2 nitrogen and oxygen atoms in total. The fraction of sp³-hybridized carbons (Fsp3) is 0.900. The molecule has 0 radical (unpaired) electrons. The van der Waals surface area contributed by atoms with Crippen molar-refractivity contribution < 1.29 is 9.53 Å². The first-order chi connectivity index (χ1) is 5.70. The summed E-state index contributed by atoms with van der Waals surface area (Å²) in [6, 6.07) is 0. The van der Waals surface area contributed by atoms with E-state index in [0.29, 0.717) is 11.7 Å². The molecular weight excluding hydrogens is 152 g/mol. The SMILES string of the molecule is CCCC(=O)CCC(C)COC. The molecule has 72 valence electrons. The molecule has 0 aliphatic carbocycles. The third kappa shape index (κ3) is 6.35. The van der Waals surface area contributed by atoms with Crippen LogP contribution in [0.4, 0.5) is 0 Å². The van der Waals surface area contributed by atoms with E-state index in [4.69, 9.17) is 4.74 Å². The summed E-state index contributed by atoms with van der Waals surface area (Å²) in [5.74, 6) is 0.899. The van der Waals surface area contributed by atoms with Crippen LogP contribution in [-0.2, 0) is 9.53 Å². The first-order valence-electron chi connectivity index (χ1n) is 4.71. The van der Waals surface area contributed by atoms with E-state index in [1.54, 1.807) is 7.11 Å².